The van der Waals surface area contributed by atoms with Crippen molar-refractivity contribution in [3.05, 3.63) is 23.3 Å². The van der Waals surface area contributed by atoms with Crippen LogP contribution in [-0.2, 0) is 0 Å². The summed E-state index contributed by atoms with van der Waals surface area (Å²) in [5.41, 5.74) is 4.15. The second kappa shape index (κ2) is 4.32. The second-order valence-electron chi connectivity index (χ2n) is 2.75. The minimum absolute atomic E-state index is 1.12. The minimum Gasteiger partial charge on any atom is -0.0958 e. The quantitative estimate of drug-likeness (QED) is 0.522. The van der Waals surface area contributed by atoms with Crippen molar-refractivity contribution in [2.75, 3.05) is 0 Å². The lowest BCUT2D eigenvalue weighted by Gasteiger charge is -2.07. The van der Waals surface area contributed by atoms with Gasteiger partial charge in [-0.25, -0.2) is 0 Å². The first-order valence-electron chi connectivity index (χ1n) is 3.97. The van der Waals surface area contributed by atoms with E-state index in [-0.39, 0.29) is 0 Å². The Kier molecular flexibility index (Phi) is 4.10. The van der Waals surface area contributed by atoms with Crippen LogP contribution in [0, 0.1) is 0 Å². The molecule has 0 rings (SSSR count). The monoisotopic (exact) mass is 138 g/mol. The summed E-state index contributed by atoms with van der Waals surface area (Å²) < 4.78 is 0. The largest absolute Gasteiger partial charge is 0.0958 e. The predicted octanol–water partition coefficient (Wildman–Crippen LogP) is 3.70. The van der Waals surface area contributed by atoms with Crippen molar-refractivity contribution < 1.29 is 0 Å². The molecule has 0 radical (unpaired) electrons. The molecule has 0 aromatic rings. The summed E-state index contributed by atoms with van der Waals surface area (Å²) in [5.74, 6) is 0. The first-order chi connectivity index (χ1) is 4.63. The van der Waals surface area contributed by atoms with Gasteiger partial charge >= 0.3 is 0 Å². The molecular formula is C10H18. The third-order valence-electron chi connectivity index (χ3n) is 1.91. The molecule has 0 heteroatoms. The van der Waals surface area contributed by atoms with Crippen molar-refractivity contribution in [2.45, 2.75) is 40.5 Å². The van der Waals surface area contributed by atoms with Gasteiger partial charge in [0.15, 0.2) is 0 Å². The molecule has 0 saturated heterocycles. The van der Waals surface area contributed by atoms with Gasteiger partial charge in [-0.2, -0.15) is 0 Å². The Morgan fingerprint density at radius 1 is 1.10 bits per heavy atom. The summed E-state index contributed by atoms with van der Waals surface area (Å²) in [7, 11) is 0. The fraction of sp³-hybridized carbons (Fsp3) is 0.600. The second-order valence-corrected chi connectivity index (χ2v) is 2.75. The van der Waals surface area contributed by atoms with Crippen LogP contribution in [0.15, 0.2) is 23.3 Å². The zero-order valence-corrected chi connectivity index (χ0v) is 7.62. The van der Waals surface area contributed by atoms with Crippen molar-refractivity contribution >= 4 is 0 Å². The lowest BCUT2D eigenvalue weighted by molar-refractivity contribution is 0.994. The highest BCUT2D eigenvalue weighted by Gasteiger charge is 1.97. The average molecular weight is 138 g/mol. The van der Waals surface area contributed by atoms with E-state index in [0.29, 0.717) is 0 Å². The third kappa shape index (κ3) is 2.38. The molecule has 0 aromatic carbocycles. The highest BCUT2D eigenvalue weighted by molar-refractivity contribution is 5.30. The molecule has 0 aliphatic heterocycles. The van der Waals surface area contributed by atoms with Crippen LogP contribution < -0.4 is 0 Å². The summed E-state index contributed by atoms with van der Waals surface area (Å²) >= 11 is 0. The highest BCUT2D eigenvalue weighted by Crippen LogP contribution is 2.17. The van der Waals surface area contributed by atoms with Crippen LogP contribution in [0.1, 0.15) is 40.5 Å². The van der Waals surface area contributed by atoms with Crippen LogP contribution in [0.2, 0.25) is 0 Å². The van der Waals surface area contributed by atoms with Crippen molar-refractivity contribution in [3.63, 3.8) is 0 Å². The lowest BCUT2D eigenvalue weighted by atomic mass is 9.99. The molecule has 0 N–H and O–H groups in total. The van der Waals surface area contributed by atoms with Crippen molar-refractivity contribution in [1.82, 2.24) is 0 Å². The smallest absolute Gasteiger partial charge is 0.0306 e. The van der Waals surface area contributed by atoms with Gasteiger partial charge in [0, 0.05) is 0 Å². The van der Waals surface area contributed by atoms with Crippen LogP contribution >= 0.6 is 0 Å². The van der Waals surface area contributed by atoms with Gasteiger partial charge < -0.3 is 0 Å². The van der Waals surface area contributed by atoms with E-state index < -0.39 is 0 Å². The Morgan fingerprint density at radius 2 is 1.60 bits per heavy atom. The predicted molar refractivity (Wildman–Crippen MR) is 48.1 cm³/mol. The van der Waals surface area contributed by atoms with E-state index in [1.165, 1.54) is 16.7 Å². The summed E-state index contributed by atoms with van der Waals surface area (Å²) in [6.07, 6.45) is 2.27. The number of allylic oxidation sites excluding steroid dienone is 3. The van der Waals surface area contributed by atoms with Gasteiger partial charge in [0.1, 0.15) is 0 Å². The van der Waals surface area contributed by atoms with E-state index in [9.17, 15) is 0 Å². The highest BCUT2D eigenvalue weighted by atomic mass is 14.0. The Morgan fingerprint density at radius 3 is 1.70 bits per heavy atom. The first kappa shape index (κ1) is 9.48. The Hall–Kier alpha value is -0.520. The fourth-order valence-corrected chi connectivity index (χ4v) is 1.18. The summed E-state index contributed by atoms with van der Waals surface area (Å²) in [6.45, 7) is 12.6. The third-order valence-corrected chi connectivity index (χ3v) is 1.91. The molecule has 58 valence electrons. The van der Waals surface area contributed by atoms with Crippen LogP contribution in [0.4, 0.5) is 0 Å². The zero-order valence-electron chi connectivity index (χ0n) is 7.62. The van der Waals surface area contributed by atoms with Gasteiger partial charge in [-0.15, -0.1) is 0 Å². The normalized spacial score (nSPS) is 12.8. The van der Waals surface area contributed by atoms with Crippen LogP contribution in [0.5, 0.6) is 0 Å². The zero-order chi connectivity index (χ0) is 8.15. The van der Waals surface area contributed by atoms with Crippen LogP contribution in [0.3, 0.4) is 0 Å². The topological polar surface area (TPSA) is 0 Å². The summed E-state index contributed by atoms with van der Waals surface area (Å²) in [6, 6.07) is 0. The number of hydrogen-bond acceptors (Lipinski definition) is 0. The van der Waals surface area contributed by atoms with Crippen LogP contribution in [-0.4, -0.2) is 0 Å². The van der Waals surface area contributed by atoms with Gasteiger partial charge in [0.2, 0.25) is 0 Å². The maximum absolute atomic E-state index is 3.94. The average Bonchev–Trinajstić information content (AvgIpc) is 1.88. The van der Waals surface area contributed by atoms with E-state index in [1.54, 1.807) is 0 Å². The van der Waals surface area contributed by atoms with Crippen molar-refractivity contribution in [3.8, 4) is 0 Å². The molecule has 10 heavy (non-hydrogen) atoms. The number of hydrogen-bond donors (Lipinski definition) is 0. The minimum atomic E-state index is 1.12. The Labute approximate surface area is 64.6 Å². The summed E-state index contributed by atoms with van der Waals surface area (Å²) in [5, 5.41) is 0. The lowest BCUT2D eigenvalue weighted by Crippen LogP contribution is -1.87. The van der Waals surface area contributed by atoms with Gasteiger partial charge in [-0.05, 0) is 32.3 Å². The first-order valence-corrected chi connectivity index (χ1v) is 3.97. The van der Waals surface area contributed by atoms with E-state index in [0.717, 1.165) is 12.8 Å². The molecule has 0 fully saturated rings. The van der Waals surface area contributed by atoms with Gasteiger partial charge in [0.05, 0.1) is 0 Å². The molecule has 0 spiro atoms. The molecule has 0 atom stereocenters. The van der Waals surface area contributed by atoms with Crippen molar-refractivity contribution in [2.24, 2.45) is 0 Å². The van der Waals surface area contributed by atoms with Crippen molar-refractivity contribution in [1.29, 1.82) is 0 Å². The molecule has 0 nitrogen and oxygen atoms in total. The molecule has 0 bridgehead atoms. The molecule has 0 saturated carbocycles. The molecule has 0 aliphatic rings. The molecule has 0 amide bonds. The maximum Gasteiger partial charge on any atom is -0.0306 e. The standard InChI is InChI=1S/C10H18/c1-6-9(5)10(7-2)8(3)4/h3,6-7H2,1-2,4-5H3/b10-9+. The van der Waals surface area contributed by atoms with Gasteiger partial charge in [-0.3, -0.25) is 0 Å². The summed E-state index contributed by atoms with van der Waals surface area (Å²) in [4.78, 5) is 0. The van der Waals surface area contributed by atoms with E-state index in [4.69, 9.17) is 0 Å². The van der Waals surface area contributed by atoms with Gasteiger partial charge in [0.25, 0.3) is 0 Å². The van der Waals surface area contributed by atoms with Crippen LogP contribution in [0.25, 0.3) is 0 Å². The maximum atomic E-state index is 3.94. The Bertz CT molecular complexity index is 149. The molecule has 0 aliphatic carbocycles. The van der Waals surface area contributed by atoms with E-state index in [2.05, 4.69) is 34.3 Å². The number of rotatable bonds is 3. The molecule has 0 unspecified atom stereocenters. The van der Waals surface area contributed by atoms with E-state index in [1.807, 2.05) is 0 Å². The Balaban J connectivity index is 4.45. The fourth-order valence-electron chi connectivity index (χ4n) is 1.18. The molecule has 0 heterocycles. The van der Waals surface area contributed by atoms with Gasteiger partial charge in [-0.1, -0.05) is 31.6 Å². The molecule has 0 aromatic heterocycles. The molecular weight excluding hydrogens is 120 g/mol. The SMILES string of the molecule is C=C(C)/C(CC)=C(\C)CC. The van der Waals surface area contributed by atoms with E-state index >= 15 is 0 Å².